The number of nitrogens with zero attached hydrogens (tertiary/aromatic N) is 3. The molecule has 30 heavy (non-hydrogen) atoms. The largest absolute Gasteiger partial charge is 0.486 e. The van der Waals surface area contributed by atoms with Crippen molar-refractivity contribution in [2.45, 2.75) is 18.3 Å². The average molecular weight is 484 g/mol. The standard InChI is InChI=1S/C20H17Cl3N4O2S/c1-2-7-27-18(11-29-17-5-3-13(21)4-6-17)25-26-20(27)30-12-19(28)24-16-9-14(22)8-15(23)10-16/h2-6,8-10H,1,7,11-12H2,(H,24,28). The molecule has 0 atom stereocenters. The molecule has 10 heteroatoms. The lowest BCUT2D eigenvalue weighted by Crippen LogP contribution is -2.15. The summed E-state index contributed by atoms with van der Waals surface area (Å²) < 4.78 is 7.59. The molecule has 0 fully saturated rings. The molecule has 3 rings (SSSR count). The molecule has 156 valence electrons. The zero-order valence-electron chi connectivity index (χ0n) is 15.6. The first kappa shape index (κ1) is 22.5. The Morgan fingerprint density at radius 1 is 1.10 bits per heavy atom. The van der Waals surface area contributed by atoms with Crippen molar-refractivity contribution in [2.75, 3.05) is 11.1 Å². The van der Waals surface area contributed by atoms with Crippen molar-refractivity contribution < 1.29 is 9.53 Å². The molecule has 2 aromatic carbocycles. The maximum absolute atomic E-state index is 12.3. The van der Waals surface area contributed by atoms with Crippen LogP contribution >= 0.6 is 46.6 Å². The maximum Gasteiger partial charge on any atom is 0.234 e. The molecule has 0 saturated heterocycles. The van der Waals surface area contributed by atoms with Crippen molar-refractivity contribution in [3.05, 3.63) is 76.0 Å². The highest BCUT2D eigenvalue weighted by atomic mass is 35.5. The van der Waals surface area contributed by atoms with Gasteiger partial charge in [0.2, 0.25) is 5.91 Å². The van der Waals surface area contributed by atoms with Crippen LogP contribution < -0.4 is 10.1 Å². The molecule has 3 aromatic rings. The van der Waals surface area contributed by atoms with Gasteiger partial charge in [-0.05, 0) is 42.5 Å². The van der Waals surface area contributed by atoms with Crippen molar-refractivity contribution in [1.82, 2.24) is 14.8 Å². The van der Waals surface area contributed by atoms with Crippen LogP contribution in [0.25, 0.3) is 0 Å². The number of rotatable bonds is 9. The molecule has 1 N–H and O–H groups in total. The van der Waals surface area contributed by atoms with Crippen LogP contribution in [-0.4, -0.2) is 26.4 Å². The quantitative estimate of drug-likeness (QED) is 0.311. The number of nitrogens with one attached hydrogen (secondary N) is 1. The first-order valence-electron chi connectivity index (χ1n) is 8.74. The van der Waals surface area contributed by atoms with Gasteiger partial charge in [-0.1, -0.05) is 52.6 Å². The normalized spacial score (nSPS) is 10.6. The van der Waals surface area contributed by atoms with Gasteiger partial charge >= 0.3 is 0 Å². The van der Waals surface area contributed by atoms with E-state index in [0.717, 1.165) is 0 Å². The van der Waals surface area contributed by atoms with E-state index >= 15 is 0 Å². The first-order chi connectivity index (χ1) is 14.4. The Hall–Kier alpha value is -2.19. The van der Waals surface area contributed by atoms with Crippen LogP contribution in [0.4, 0.5) is 5.69 Å². The van der Waals surface area contributed by atoms with Gasteiger partial charge in [0.25, 0.3) is 0 Å². The molecular weight excluding hydrogens is 467 g/mol. The highest BCUT2D eigenvalue weighted by Crippen LogP contribution is 2.24. The fraction of sp³-hybridized carbons (Fsp3) is 0.150. The van der Waals surface area contributed by atoms with E-state index in [1.807, 2.05) is 4.57 Å². The van der Waals surface area contributed by atoms with Crippen molar-refractivity contribution in [1.29, 1.82) is 0 Å². The number of allylic oxidation sites excluding steroid dienone is 1. The van der Waals surface area contributed by atoms with Gasteiger partial charge in [-0.2, -0.15) is 0 Å². The van der Waals surface area contributed by atoms with E-state index in [2.05, 4.69) is 22.1 Å². The van der Waals surface area contributed by atoms with Crippen LogP contribution in [0, 0.1) is 0 Å². The Bertz CT molecular complexity index is 1020. The van der Waals surface area contributed by atoms with Crippen molar-refractivity contribution in [3.63, 3.8) is 0 Å². The number of carbonyl (C=O) groups is 1. The molecule has 0 aliphatic heterocycles. The maximum atomic E-state index is 12.3. The molecular formula is C20H17Cl3N4O2S. The summed E-state index contributed by atoms with van der Waals surface area (Å²) in [6.07, 6.45) is 1.73. The molecule has 0 radical (unpaired) electrons. The lowest BCUT2D eigenvalue weighted by Gasteiger charge is -2.09. The SMILES string of the molecule is C=CCn1c(COc2ccc(Cl)cc2)nnc1SCC(=O)Nc1cc(Cl)cc(Cl)c1. The summed E-state index contributed by atoms with van der Waals surface area (Å²) in [4.78, 5) is 12.3. The number of thioether (sulfide) groups is 1. The monoisotopic (exact) mass is 482 g/mol. The van der Waals surface area contributed by atoms with Gasteiger partial charge in [0.15, 0.2) is 11.0 Å². The highest BCUT2D eigenvalue weighted by Gasteiger charge is 2.14. The highest BCUT2D eigenvalue weighted by molar-refractivity contribution is 7.99. The van der Waals surface area contributed by atoms with Crippen LogP contribution in [0.5, 0.6) is 5.75 Å². The van der Waals surface area contributed by atoms with E-state index in [0.29, 0.717) is 44.0 Å². The Morgan fingerprint density at radius 2 is 1.80 bits per heavy atom. The lowest BCUT2D eigenvalue weighted by atomic mass is 10.3. The second-order valence-corrected chi connectivity index (χ2v) is 8.29. The van der Waals surface area contributed by atoms with E-state index in [-0.39, 0.29) is 18.3 Å². The van der Waals surface area contributed by atoms with Crippen molar-refractivity contribution in [3.8, 4) is 5.75 Å². The zero-order valence-corrected chi connectivity index (χ0v) is 18.7. The molecule has 0 aliphatic rings. The van der Waals surface area contributed by atoms with Gasteiger partial charge in [0.05, 0.1) is 5.75 Å². The number of anilines is 1. The predicted molar refractivity (Wildman–Crippen MR) is 122 cm³/mol. The predicted octanol–water partition coefficient (Wildman–Crippen LogP) is 5.73. The van der Waals surface area contributed by atoms with Gasteiger partial charge in [-0.3, -0.25) is 9.36 Å². The summed E-state index contributed by atoms with van der Waals surface area (Å²) in [5, 5.41) is 13.2. The van der Waals surface area contributed by atoms with Crippen LogP contribution in [0.1, 0.15) is 5.82 Å². The number of aromatic nitrogens is 3. The van der Waals surface area contributed by atoms with Crippen molar-refractivity contribution in [2.24, 2.45) is 0 Å². The average Bonchev–Trinajstić information content (AvgIpc) is 3.07. The summed E-state index contributed by atoms with van der Waals surface area (Å²) >= 11 is 19.1. The third kappa shape index (κ3) is 6.40. The first-order valence-corrected chi connectivity index (χ1v) is 10.9. The molecule has 1 amide bonds. The zero-order chi connectivity index (χ0) is 21.5. The van der Waals surface area contributed by atoms with E-state index in [9.17, 15) is 4.79 Å². The molecule has 0 unspecified atom stereocenters. The number of hydrogen-bond donors (Lipinski definition) is 1. The minimum absolute atomic E-state index is 0.136. The number of benzene rings is 2. The third-order valence-electron chi connectivity index (χ3n) is 3.77. The third-order valence-corrected chi connectivity index (χ3v) is 5.42. The number of carbonyl (C=O) groups excluding carboxylic acids is 1. The Labute approximate surface area is 193 Å². The molecule has 0 bridgehead atoms. The second-order valence-electron chi connectivity index (χ2n) is 6.04. The van der Waals surface area contributed by atoms with E-state index in [1.165, 1.54) is 11.8 Å². The summed E-state index contributed by atoms with van der Waals surface area (Å²) in [5.41, 5.74) is 0.530. The summed E-state index contributed by atoms with van der Waals surface area (Å²) in [5.74, 6) is 1.21. The molecule has 1 aromatic heterocycles. The molecule has 0 spiro atoms. The second kappa shape index (κ2) is 10.7. The van der Waals surface area contributed by atoms with Gasteiger partial charge in [0, 0.05) is 27.3 Å². The number of amides is 1. The summed E-state index contributed by atoms with van der Waals surface area (Å²) in [7, 11) is 0. The fourth-order valence-electron chi connectivity index (χ4n) is 2.48. The fourth-order valence-corrected chi connectivity index (χ4v) is 3.90. The molecule has 0 aliphatic carbocycles. The van der Waals surface area contributed by atoms with Crippen LogP contribution in [0.3, 0.4) is 0 Å². The minimum Gasteiger partial charge on any atom is -0.486 e. The summed E-state index contributed by atoms with van der Waals surface area (Å²) in [6, 6.07) is 11.9. The smallest absolute Gasteiger partial charge is 0.234 e. The lowest BCUT2D eigenvalue weighted by molar-refractivity contribution is -0.113. The Balaban J connectivity index is 1.61. The van der Waals surface area contributed by atoms with Gasteiger partial charge in [0.1, 0.15) is 12.4 Å². The molecule has 6 nitrogen and oxygen atoms in total. The number of halogens is 3. The number of ether oxygens (including phenoxy) is 1. The van der Waals surface area contributed by atoms with Gasteiger partial charge in [-0.15, -0.1) is 16.8 Å². The van der Waals surface area contributed by atoms with E-state index in [1.54, 1.807) is 48.5 Å². The van der Waals surface area contributed by atoms with E-state index in [4.69, 9.17) is 39.5 Å². The minimum atomic E-state index is -0.217. The van der Waals surface area contributed by atoms with E-state index < -0.39 is 0 Å². The summed E-state index contributed by atoms with van der Waals surface area (Å²) in [6.45, 7) is 4.47. The molecule has 1 heterocycles. The molecule has 0 saturated carbocycles. The van der Waals surface area contributed by atoms with Gasteiger partial charge in [-0.25, -0.2) is 0 Å². The Kier molecular flexibility index (Phi) is 8.04. The van der Waals surface area contributed by atoms with Gasteiger partial charge < -0.3 is 10.1 Å². The topological polar surface area (TPSA) is 69.0 Å². The Morgan fingerprint density at radius 3 is 2.47 bits per heavy atom. The van der Waals surface area contributed by atoms with Crippen molar-refractivity contribution >= 4 is 58.2 Å². The van der Waals surface area contributed by atoms with Crippen LogP contribution in [-0.2, 0) is 17.9 Å². The van der Waals surface area contributed by atoms with Crippen LogP contribution in [0.2, 0.25) is 15.1 Å². The number of hydrogen-bond acceptors (Lipinski definition) is 5. The van der Waals surface area contributed by atoms with Crippen LogP contribution in [0.15, 0.2) is 60.3 Å².